The Bertz CT molecular complexity index is 1530. The van der Waals surface area contributed by atoms with Crippen LogP contribution in [0.25, 0.3) is 11.3 Å². The number of carboxylic acids is 1. The number of aromatic carboxylic acids is 1. The van der Waals surface area contributed by atoms with Crippen LogP contribution in [-0.2, 0) is 0 Å². The fraction of sp³-hybridized carbons (Fsp3) is 0. The quantitative estimate of drug-likeness (QED) is 0.127. The third-order valence-electron chi connectivity index (χ3n) is 5.16. The van der Waals surface area contributed by atoms with Crippen molar-refractivity contribution in [3.8, 4) is 11.3 Å². The number of carbonyl (C=O) groups is 1. The SMILES string of the molecule is O=C(O)c1cc(-c2ccc(/C=N\Nc3nc(Nc4ccccc4)nc(Nc4ccccc4)n3)o2)ccc1Cl. The van der Waals surface area contributed by atoms with E-state index >= 15 is 0 Å². The molecule has 2 heterocycles. The van der Waals surface area contributed by atoms with Crippen LogP contribution in [0.2, 0.25) is 5.02 Å². The molecular formula is C27H20ClN7O3. The van der Waals surface area contributed by atoms with Gasteiger partial charge in [-0.2, -0.15) is 20.1 Å². The Morgan fingerprint density at radius 1 is 0.816 bits per heavy atom. The highest BCUT2D eigenvalue weighted by atomic mass is 35.5. The largest absolute Gasteiger partial charge is 0.478 e. The lowest BCUT2D eigenvalue weighted by molar-refractivity contribution is 0.0697. The fourth-order valence-electron chi connectivity index (χ4n) is 3.41. The number of nitrogens with one attached hydrogen (secondary N) is 3. The van der Waals surface area contributed by atoms with Crippen LogP contribution in [0.15, 0.2) is 101 Å². The summed E-state index contributed by atoms with van der Waals surface area (Å²) in [5.41, 5.74) is 4.99. The van der Waals surface area contributed by atoms with Crippen molar-refractivity contribution >= 4 is 53.0 Å². The molecule has 0 unspecified atom stereocenters. The number of rotatable bonds is 9. The Labute approximate surface area is 222 Å². The maximum absolute atomic E-state index is 11.4. The van der Waals surface area contributed by atoms with Crippen LogP contribution in [0.5, 0.6) is 0 Å². The first kappa shape index (κ1) is 24.5. The maximum Gasteiger partial charge on any atom is 0.337 e. The van der Waals surface area contributed by atoms with Crippen molar-refractivity contribution < 1.29 is 14.3 Å². The van der Waals surface area contributed by atoms with E-state index in [2.05, 4.69) is 36.1 Å². The molecule has 188 valence electrons. The highest BCUT2D eigenvalue weighted by Gasteiger charge is 2.12. The van der Waals surface area contributed by atoms with Gasteiger partial charge in [-0.3, -0.25) is 0 Å². The summed E-state index contributed by atoms with van der Waals surface area (Å²) < 4.78 is 5.78. The normalized spacial score (nSPS) is 10.9. The number of hydrogen-bond donors (Lipinski definition) is 4. The molecule has 0 amide bonds. The number of halogens is 1. The van der Waals surface area contributed by atoms with Crippen molar-refractivity contribution in [2.45, 2.75) is 0 Å². The van der Waals surface area contributed by atoms with Gasteiger partial charge in [0.1, 0.15) is 11.5 Å². The highest BCUT2D eigenvalue weighted by Crippen LogP contribution is 2.27. The van der Waals surface area contributed by atoms with Gasteiger partial charge in [0.05, 0.1) is 16.8 Å². The molecule has 4 N–H and O–H groups in total. The first-order chi connectivity index (χ1) is 18.5. The Morgan fingerprint density at radius 2 is 1.42 bits per heavy atom. The third kappa shape index (κ3) is 6.12. The molecule has 0 aliphatic carbocycles. The molecule has 0 fully saturated rings. The average Bonchev–Trinajstić information content (AvgIpc) is 3.39. The number of hydrogen-bond acceptors (Lipinski definition) is 9. The van der Waals surface area contributed by atoms with Crippen molar-refractivity contribution in [1.82, 2.24) is 15.0 Å². The number of anilines is 5. The molecule has 0 atom stereocenters. The van der Waals surface area contributed by atoms with E-state index in [1.54, 1.807) is 18.2 Å². The van der Waals surface area contributed by atoms with Gasteiger partial charge in [-0.15, -0.1) is 0 Å². The summed E-state index contributed by atoms with van der Waals surface area (Å²) in [6, 6.07) is 27.1. The van der Waals surface area contributed by atoms with Crippen molar-refractivity contribution in [2.24, 2.45) is 5.10 Å². The van der Waals surface area contributed by atoms with Gasteiger partial charge in [-0.05, 0) is 54.6 Å². The van der Waals surface area contributed by atoms with Crippen LogP contribution < -0.4 is 16.1 Å². The van der Waals surface area contributed by atoms with Crippen LogP contribution in [0.3, 0.4) is 0 Å². The van der Waals surface area contributed by atoms with Crippen LogP contribution in [-0.4, -0.2) is 32.2 Å². The molecule has 0 aliphatic heterocycles. The molecular weight excluding hydrogens is 506 g/mol. The first-order valence-electron chi connectivity index (χ1n) is 11.4. The maximum atomic E-state index is 11.4. The zero-order valence-corrected chi connectivity index (χ0v) is 20.4. The molecule has 0 aliphatic rings. The zero-order chi connectivity index (χ0) is 26.3. The monoisotopic (exact) mass is 525 g/mol. The van der Waals surface area contributed by atoms with Gasteiger partial charge in [0.25, 0.3) is 0 Å². The van der Waals surface area contributed by atoms with E-state index in [0.29, 0.717) is 29.0 Å². The number of nitrogens with zero attached hydrogens (tertiary/aromatic N) is 4. The molecule has 0 bridgehead atoms. The van der Waals surface area contributed by atoms with Gasteiger partial charge in [-0.25, -0.2) is 10.2 Å². The number of carboxylic acid groups (broad SMARTS) is 1. The molecule has 10 nitrogen and oxygen atoms in total. The van der Waals surface area contributed by atoms with Crippen LogP contribution in [0.4, 0.5) is 29.2 Å². The average molecular weight is 526 g/mol. The summed E-state index contributed by atoms with van der Waals surface area (Å²) in [5.74, 6) is 0.616. The molecule has 38 heavy (non-hydrogen) atoms. The van der Waals surface area contributed by atoms with Crippen molar-refractivity contribution in [3.05, 3.63) is 107 Å². The van der Waals surface area contributed by atoms with E-state index in [-0.39, 0.29) is 16.5 Å². The summed E-state index contributed by atoms with van der Waals surface area (Å²) in [7, 11) is 0. The summed E-state index contributed by atoms with van der Waals surface area (Å²) >= 11 is 5.96. The van der Waals surface area contributed by atoms with E-state index in [9.17, 15) is 9.90 Å². The standard InChI is InChI=1S/C27H20ClN7O3/c28-22-13-11-17(15-21(22)24(36)37)23-14-12-20(38-23)16-29-35-27-33-25(30-18-7-3-1-4-8-18)32-26(34-27)31-19-9-5-2-6-10-19/h1-16H,(H,36,37)(H3,30,31,32,33,34,35)/b29-16-. The Morgan fingerprint density at radius 3 is 2.03 bits per heavy atom. The molecule has 0 radical (unpaired) electrons. The van der Waals surface area contributed by atoms with Crippen LogP contribution in [0, 0.1) is 0 Å². The minimum absolute atomic E-state index is 0.00730. The smallest absolute Gasteiger partial charge is 0.337 e. The van der Waals surface area contributed by atoms with Gasteiger partial charge in [0.2, 0.25) is 17.8 Å². The van der Waals surface area contributed by atoms with Crippen LogP contribution in [0.1, 0.15) is 16.1 Å². The van der Waals surface area contributed by atoms with E-state index in [1.807, 2.05) is 60.7 Å². The second-order valence-corrected chi connectivity index (χ2v) is 8.27. The van der Waals surface area contributed by atoms with Crippen LogP contribution >= 0.6 is 11.6 Å². The van der Waals surface area contributed by atoms with Gasteiger partial charge in [-0.1, -0.05) is 48.0 Å². The number of hydrazone groups is 1. The molecule has 5 rings (SSSR count). The van der Waals surface area contributed by atoms with Gasteiger partial charge in [0, 0.05) is 16.9 Å². The summed E-state index contributed by atoms with van der Waals surface area (Å²) in [6.07, 6.45) is 1.45. The Hall–Kier alpha value is -5.22. The number of furan rings is 1. The molecule has 0 spiro atoms. The molecule has 0 saturated carbocycles. The number of benzene rings is 3. The first-order valence-corrected chi connectivity index (χ1v) is 11.7. The molecule has 0 saturated heterocycles. The molecule has 5 aromatic rings. The predicted octanol–water partition coefficient (Wildman–Crippen LogP) is 6.42. The predicted molar refractivity (Wildman–Crippen MR) is 147 cm³/mol. The second-order valence-electron chi connectivity index (χ2n) is 7.86. The van der Waals surface area contributed by atoms with Gasteiger partial charge >= 0.3 is 5.97 Å². The summed E-state index contributed by atoms with van der Waals surface area (Å²) in [4.78, 5) is 24.6. The highest BCUT2D eigenvalue weighted by molar-refractivity contribution is 6.33. The molecule has 2 aromatic heterocycles. The summed E-state index contributed by atoms with van der Waals surface area (Å²) in [5, 5.41) is 19.9. The molecule has 3 aromatic carbocycles. The van der Waals surface area contributed by atoms with Gasteiger partial charge in [0.15, 0.2) is 0 Å². The lowest BCUT2D eigenvalue weighted by Gasteiger charge is -2.10. The molecule has 11 heteroatoms. The van der Waals surface area contributed by atoms with Crippen molar-refractivity contribution in [1.29, 1.82) is 0 Å². The zero-order valence-electron chi connectivity index (χ0n) is 19.7. The number of aromatic nitrogens is 3. The summed E-state index contributed by atoms with van der Waals surface area (Å²) in [6.45, 7) is 0. The van der Waals surface area contributed by atoms with Crippen molar-refractivity contribution in [3.63, 3.8) is 0 Å². The number of para-hydroxylation sites is 2. The minimum Gasteiger partial charge on any atom is -0.478 e. The Kier molecular flexibility index (Phi) is 7.23. The lowest BCUT2D eigenvalue weighted by Crippen LogP contribution is -2.07. The second kappa shape index (κ2) is 11.2. The van der Waals surface area contributed by atoms with E-state index in [1.165, 1.54) is 18.3 Å². The van der Waals surface area contributed by atoms with Gasteiger partial charge < -0.3 is 20.2 Å². The fourth-order valence-corrected chi connectivity index (χ4v) is 3.61. The third-order valence-corrected chi connectivity index (χ3v) is 5.49. The van der Waals surface area contributed by atoms with E-state index in [0.717, 1.165) is 11.4 Å². The topological polar surface area (TPSA) is 138 Å². The van der Waals surface area contributed by atoms with E-state index < -0.39 is 5.97 Å². The lowest BCUT2D eigenvalue weighted by atomic mass is 10.1. The van der Waals surface area contributed by atoms with Crippen molar-refractivity contribution in [2.75, 3.05) is 16.1 Å². The Balaban J connectivity index is 1.34. The van der Waals surface area contributed by atoms with E-state index in [4.69, 9.17) is 16.0 Å². The minimum atomic E-state index is -1.12.